The number of hydrogen-bond acceptors (Lipinski definition) is 8. The van der Waals surface area contributed by atoms with Crippen LogP contribution in [0, 0.1) is 29.6 Å². The van der Waals surface area contributed by atoms with Crippen molar-refractivity contribution in [3.8, 4) is 11.8 Å². The Bertz CT molecular complexity index is 854. The maximum Gasteiger partial charge on any atom is 0.469 e. The Morgan fingerprint density at radius 2 is 1.33 bits per heavy atom. The molecule has 13 nitrogen and oxygen atoms in total. The van der Waals surface area contributed by atoms with E-state index in [1.54, 1.807) is 0 Å². The molecule has 0 aromatic carbocycles. The van der Waals surface area contributed by atoms with Crippen molar-refractivity contribution in [2.45, 2.75) is 51.4 Å². The number of alkyl carbamates (subject to hydrolysis) is 1. The molecule has 1 fully saturated rings. The van der Waals surface area contributed by atoms with Gasteiger partial charge in [-0.15, -0.1) is 11.8 Å². The third kappa shape index (κ3) is 16.5. The first-order valence-electron chi connectivity index (χ1n) is 13.5. The van der Waals surface area contributed by atoms with E-state index in [-0.39, 0.29) is 44.2 Å². The van der Waals surface area contributed by atoms with Gasteiger partial charge < -0.3 is 39.9 Å². The number of rotatable bonds is 20. The number of phosphoric ester groups is 1. The summed E-state index contributed by atoms with van der Waals surface area (Å²) in [6.45, 7) is 2.61. The molecular weight excluding hydrogens is 533 g/mol. The normalized spacial score (nSPS) is 19.9. The van der Waals surface area contributed by atoms with Crippen molar-refractivity contribution in [3.05, 3.63) is 0 Å². The standard InChI is InChI=1S/C25H42N3O10P/c29-23(26-11-6-14-38-39(32,33)34)9-5-10-24(30)27-12-15-35-17-18-36-16-13-28-25(31)37-19-22-20-7-3-1-2-4-8-21(20)22/h20-22H,3-19H2,(H,26,29)(H,27,30)(H,28,31)(H2,32,33,34). The van der Waals surface area contributed by atoms with Gasteiger partial charge in [0, 0.05) is 45.3 Å². The highest BCUT2D eigenvalue weighted by Gasteiger charge is 2.49. The molecule has 2 unspecified atom stereocenters. The molecule has 0 radical (unpaired) electrons. The van der Waals surface area contributed by atoms with Crippen LogP contribution in [0.4, 0.5) is 4.79 Å². The molecule has 0 heterocycles. The third-order valence-electron chi connectivity index (χ3n) is 6.41. The van der Waals surface area contributed by atoms with Gasteiger partial charge in [0.25, 0.3) is 0 Å². The van der Waals surface area contributed by atoms with Crippen LogP contribution in [0.3, 0.4) is 0 Å². The van der Waals surface area contributed by atoms with E-state index >= 15 is 0 Å². The second-order valence-corrected chi connectivity index (χ2v) is 10.6. The van der Waals surface area contributed by atoms with Crippen molar-refractivity contribution in [3.63, 3.8) is 0 Å². The maximum atomic E-state index is 11.9. The molecule has 0 spiro atoms. The first-order valence-corrected chi connectivity index (χ1v) is 15.0. The Morgan fingerprint density at radius 3 is 1.92 bits per heavy atom. The first kappa shape index (κ1) is 33.0. The second kappa shape index (κ2) is 19.0. The van der Waals surface area contributed by atoms with Crippen molar-refractivity contribution in [1.82, 2.24) is 16.0 Å². The van der Waals surface area contributed by atoms with Crippen LogP contribution in [0.25, 0.3) is 0 Å². The van der Waals surface area contributed by atoms with Crippen LogP contribution < -0.4 is 16.0 Å². The minimum atomic E-state index is -4.48. The number of ether oxygens (including phenoxy) is 3. The topological polar surface area (TPSA) is 182 Å². The maximum absolute atomic E-state index is 11.9. The van der Waals surface area contributed by atoms with Gasteiger partial charge in [-0.05, 0) is 43.4 Å². The van der Waals surface area contributed by atoms with E-state index in [4.69, 9.17) is 24.0 Å². The van der Waals surface area contributed by atoms with Gasteiger partial charge in [-0.2, -0.15) is 0 Å². The number of carbonyl (C=O) groups excluding carboxylic acids is 3. The molecule has 3 amide bonds. The molecule has 1 saturated carbocycles. The Labute approximate surface area is 229 Å². The first-order chi connectivity index (χ1) is 18.8. The molecule has 14 heteroatoms. The second-order valence-electron chi connectivity index (χ2n) is 9.40. The highest BCUT2D eigenvalue weighted by Crippen LogP contribution is 2.52. The molecule has 222 valence electrons. The molecule has 0 bridgehead atoms. The average molecular weight is 576 g/mol. The Morgan fingerprint density at radius 1 is 0.769 bits per heavy atom. The molecular formula is C25H42N3O10P. The Hall–Kier alpha value is -2.20. The largest absolute Gasteiger partial charge is 0.469 e. The fourth-order valence-electron chi connectivity index (χ4n) is 4.38. The molecule has 0 aliphatic heterocycles. The summed E-state index contributed by atoms with van der Waals surface area (Å²) in [7, 11) is -4.48. The lowest BCUT2D eigenvalue weighted by molar-refractivity contribution is -0.122. The zero-order chi connectivity index (χ0) is 28.3. The fourth-order valence-corrected chi connectivity index (χ4v) is 4.75. The lowest BCUT2D eigenvalue weighted by atomic mass is 10.1. The van der Waals surface area contributed by atoms with Gasteiger partial charge in [0.05, 0.1) is 39.6 Å². The predicted molar refractivity (Wildman–Crippen MR) is 140 cm³/mol. The molecule has 2 atom stereocenters. The van der Waals surface area contributed by atoms with E-state index in [2.05, 4.69) is 32.3 Å². The predicted octanol–water partition coefficient (Wildman–Crippen LogP) is 1.09. The number of fused-ring (bicyclic) bond motifs is 1. The SMILES string of the molecule is O=C(CCCC(=O)NCCOCCOCCNC(=O)OCC1C2CCC#CCCC21)NCCCOP(=O)(O)O. The summed E-state index contributed by atoms with van der Waals surface area (Å²) in [6.07, 6.45) is 4.68. The Kier molecular flexibility index (Phi) is 16.1. The minimum absolute atomic E-state index is 0.160. The minimum Gasteiger partial charge on any atom is -0.449 e. The Balaban J connectivity index is 1.30. The van der Waals surface area contributed by atoms with Crippen molar-refractivity contribution in [1.29, 1.82) is 0 Å². The molecule has 2 rings (SSSR count). The highest BCUT2D eigenvalue weighted by molar-refractivity contribution is 7.46. The van der Waals surface area contributed by atoms with E-state index in [9.17, 15) is 18.9 Å². The van der Waals surface area contributed by atoms with Gasteiger partial charge >= 0.3 is 13.9 Å². The quantitative estimate of drug-likeness (QED) is 0.0801. The zero-order valence-corrected chi connectivity index (χ0v) is 23.3. The van der Waals surface area contributed by atoms with Crippen LogP contribution in [0.15, 0.2) is 0 Å². The molecule has 5 N–H and O–H groups in total. The van der Waals surface area contributed by atoms with E-state index in [1.165, 1.54) is 0 Å². The number of carbonyl (C=O) groups is 3. The highest BCUT2D eigenvalue weighted by atomic mass is 31.2. The summed E-state index contributed by atoms with van der Waals surface area (Å²) in [6, 6.07) is 0. The van der Waals surface area contributed by atoms with Crippen molar-refractivity contribution in [2.24, 2.45) is 17.8 Å². The van der Waals surface area contributed by atoms with Gasteiger partial charge in [0.1, 0.15) is 0 Å². The summed E-state index contributed by atoms with van der Waals surface area (Å²) in [5.74, 6) is 7.68. The van der Waals surface area contributed by atoms with Gasteiger partial charge in [0.15, 0.2) is 0 Å². The van der Waals surface area contributed by atoms with Gasteiger partial charge in [0.2, 0.25) is 11.8 Å². The van der Waals surface area contributed by atoms with Crippen molar-refractivity contribution >= 4 is 25.7 Å². The number of nitrogens with one attached hydrogen (secondary N) is 3. The lowest BCUT2D eigenvalue weighted by Gasteiger charge is -2.09. The molecule has 0 saturated heterocycles. The van der Waals surface area contributed by atoms with Gasteiger partial charge in [-0.1, -0.05) is 0 Å². The van der Waals surface area contributed by atoms with Gasteiger partial charge in [-0.25, -0.2) is 9.36 Å². The lowest BCUT2D eigenvalue weighted by Crippen LogP contribution is -2.29. The summed E-state index contributed by atoms with van der Waals surface area (Å²) < 4.78 is 30.9. The van der Waals surface area contributed by atoms with Crippen LogP contribution in [0.1, 0.15) is 51.4 Å². The molecule has 2 aliphatic rings. The summed E-state index contributed by atoms with van der Waals surface area (Å²) in [4.78, 5) is 52.4. The molecule has 2 aliphatic carbocycles. The third-order valence-corrected chi connectivity index (χ3v) is 6.93. The average Bonchev–Trinajstić information content (AvgIpc) is 3.51. The van der Waals surface area contributed by atoms with Crippen LogP contribution >= 0.6 is 7.82 Å². The summed E-state index contributed by atoms with van der Waals surface area (Å²) >= 11 is 0. The van der Waals surface area contributed by atoms with Crippen molar-refractivity contribution < 1.29 is 47.5 Å². The fraction of sp³-hybridized carbons (Fsp3) is 0.800. The molecule has 0 aromatic heterocycles. The summed E-state index contributed by atoms with van der Waals surface area (Å²) in [5.41, 5.74) is 0. The number of hydrogen-bond donors (Lipinski definition) is 5. The van der Waals surface area contributed by atoms with E-state index in [1.807, 2.05) is 0 Å². The van der Waals surface area contributed by atoms with Crippen LogP contribution in [0.5, 0.6) is 0 Å². The van der Waals surface area contributed by atoms with E-state index in [0.717, 1.165) is 25.7 Å². The van der Waals surface area contributed by atoms with E-state index < -0.39 is 13.9 Å². The van der Waals surface area contributed by atoms with E-state index in [0.29, 0.717) is 70.3 Å². The number of amides is 3. The monoisotopic (exact) mass is 575 g/mol. The molecule has 0 aromatic rings. The van der Waals surface area contributed by atoms with Crippen LogP contribution in [0.2, 0.25) is 0 Å². The van der Waals surface area contributed by atoms with Crippen LogP contribution in [-0.2, 0) is 32.9 Å². The van der Waals surface area contributed by atoms with Crippen LogP contribution in [-0.4, -0.2) is 87.0 Å². The van der Waals surface area contributed by atoms with Crippen molar-refractivity contribution in [2.75, 3.05) is 59.3 Å². The summed E-state index contributed by atoms with van der Waals surface area (Å²) in [5, 5.41) is 7.98. The number of phosphoric acid groups is 1. The zero-order valence-electron chi connectivity index (χ0n) is 22.4. The molecule has 39 heavy (non-hydrogen) atoms. The van der Waals surface area contributed by atoms with Gasteiger partial charge in [-0.3, -0.25) is 14.1 Å². The smallest absolute Gasteiger partial charge is 0.449 e.